The molecule has 0 atom stereocenters. The van der Waals surface area contributed by atoms with Crippen molar-refractivity contribution in [3.05, 3.63) is 24.3 Å². The van der Waals surface area contributed by atoms with Gasteiger partial charge in [-0.05, 0) is 12.8 Å². The van der Waals surface area contributed by atoms with Gasteiger partial charge in [0.25, 0.3) is 5.92 Å². The second-order valence-electron chi connectivity index (χ2n) is 2.92. The SMILES string of the molecule is C=CCC1=CCC(F)(F)CC1. The third-order valence-corrected chi connectivity index (χ3v) is 1.91. The van der Waals surface area contributed by atoms with Crippen LogP contribution >= 0.6 is 0 Å². The first-order valence-corrected chi connectivity index (χ1v) is 3.81. The van der Waals surface area contributed by atoms with E-state index in [1.165, 1.54) is 0 Å². The summed E-state index contributed by atoms with van der Waals surface area (Å²) in [5.74, 6) is -2.45. The molecule has 1 rings (SSSR count). The van der Waals surface area contributed by atoms with Gasteiger partial charge in [-0.3, -0.25) is 0 Å². The van der Waals surface area contributed by atoms with E-state index in [1.807, 2.05) is 0 Å². The quantitative estimate of drug-likeness (QED) is 0.541. The van der Waals surface area contributed by atoms with Crippen molar-refractivity contribution in [2.24, 2.45) is 0 Å². The van der Waals surface area contributed by atoms with E-state index in [4.69, 9.17) is 0 Å². The van der Waals surface area contributed by atoms with Gasteiger partial charge in [-0.15, -0.1) is 6.58 Å². The first-order valence-electron chi connectivity index (χ1n) is 3.81. The minimum absolute atomic E-state index is 0.00662. The fraction of sp³-hybridized carbons (Fsp3) is 0.556. The fourth-order valence-corrected chi connectivity index (χ4v) is 1.21. The summed E-state index contributed by atoms with van der Waals surface area (Å²) < 4.78 is 25.1. The number of halogens is 2. The average molecular weight is 158 g/mol. The van der Waals surface area contributed by atoms with Crippen molar-refractivity contribution in [1.29, 1.82) is 0 Å². The van der Waals surface area contributed by atoms with E-state index in [-0.39, 0.29) is 12.8 Å². The molecule has 0 aromatic rings. The van der Waals surface area contributed by atoms with Gasteiger partial charge in [0.15, 0.2) is 0 Å². The van der Waals surface area contributed by atoms with Crippen LogP contribution in [0.25, 0.3) is 0 Å². The fourth-order valence-electron chi connectivity index (χ4n) is 1.21. The Kier molecular flexibility index (Phi) is 2.42. The smallest absolute Gasteiger partial charge is 0.207 e. The standard InChI is InChI=1S/C9H12F2/c1-2-3-8-4-6-9(10,11)7-5-8/h2,4H,1,3,5-7H2. The molecule has 62 valence electrons. The minimum Gasteiger partial charge on any atom is -0.207 e. The molecule has 0 fully saturated rings. The third kappa shape index (κ3) is 2.45. The summed E-state index contributed by atoms with van der Waals surface area (Å²) in [6.45, 7) is 3.56. The van der Waals surface area contributed by atoms with Crippen LogP contribution in [0, 0.1) is 0 Å². The van der Waals surface area contributed by atoms with Crippen LogP contribution in [0.4, 0.5) is 8.78 Å². The number of allylic oxidation sites excluding steroid dienone is 3. The largest absolute Gasteiger partial charge is 0.251 e. The average Bonchev–Trinajstić information content (AvgIpc) is 1.94. The Balaban J connectivity index is 2.50. The maximum absolute atomic E-state index is 12.5. The number of hydrogen-bond acceptors (Lipinski definition) is 0. The molecule has 0 aromatic carbocycles. The zero-order valence-electron chi connectivity index (χ0n) is 6.45. The Morgan fingerprint density at radius 1 is 1.64 bits per heavy atom. The van der Waals surface area contributed by atoms with Crippen LogP contribution in [-0.2, 0) is 0 Å². The molecule has 2 heteroatoms. The first kappa shape index (κ1) is 8.44. The molecule has 0 spiro atoms. The summed E-state index contributed by atoms with van der Waals surface area (Å²) in [5.41, 5.74) is 1.10. The van der Waals surface area contributed by atoms with E-state index in [1.54, 1.807) is 12.2 Å². The highest BCUT2D eigenvalue weighted by molar-refractivity contribution is 5.11. The molecule has 0 aromatic heterocycles. The Labute approximate surface area is 65.6 Å². The van der Waals surface area contributed by atoms with Crippen LogP contribution in [0.2, 0.25) is 0 Å². The summed E-state index contributed by atoms with van der Waals surface area (Å²) in [5, 5.41) is 0. The van der Waals surface area contributed by atoms with Crippen molar-refractivity contribution in [3.8, 4) is 0 Å². The van der Waals surface area contributed by atoms with Gasteiger partial charge in [0.2, 0.25) is 0 Å². The Hall–Kier alpha value is -0.660. The lowest BCUT2D eigenvalue weighted by molar-refractivity contribution is -0.00880. The van der Waals surface area contributed by atoms with Gasteiger partial charge in [0, 0.05) is 12.8 Å². The second kappa shape index (κ2) is 3.16. The van der Waals surface area contributed by atoms with E-state index in [9.17, 15) is 8.78 Å². The predicted octanol–water partition coefficient (Wildman–Crippen LogP) is 3.31. The van der Waals surface area contributed by atoms with Gasteiger partial charge in [0.05, 0.1) is 0 Å². The van der Waals surface area contributed by atoms with Crippen molar-refractivity contribution < 1.29 is 8.78 Å². The molecule has 0 heterocycles. The van der Waals surface area contributed by atoms with Gasteiger partial charge in [-0.2, -0.15) is 0 Å². The zero-order valence-corrected chi connectivity index (χ0v) is 6.45. The third-order valence-electron chi connectivity index (χ3n) is 1.91. The molecule has 0 amide bonds. The summed E-state index contributed by atoms with van der Waals surface area (Å²) >= 11 is 0. The van der Waals surface area contributed by atoms with Crippen LogP contribution in [0.1, 0.15) is 25.7 Å². The van der Waals surface area contributed by atoms with Gasteiger partial charge in [-0.25, -0.2) is 8.78 Å². The van der Waals surface area contributed by atoms with Crippen LogP contribution in [0.3, 0.4) is 0 Å². The first-order chi connectivity index (χ1) is 5.14. The summed E-state index contributed by atoms with van der Waals surface area (Å²) in [6, 6.07) is 0. The zero-order chi connectivity index (χ0) is 8.32. The van der Waals surface area contributed by atoms with Crippen molar-refractivity contribution in [3.63, 3.8) is 0 Å². The van der Waals surface area contributed by atoms with Crippen molar-refractivity contribution in [2.45, 2.75) is 31.6 Å². The highest BCUT2D eigenvalue weighted by Gasteiger charge is 2.30. The minimum atomic E-state index is -2.45. The van der Waals surface area contributed by atoms with Crippen molar-refractivity contribution >= 4 is 0 Å². The van der Waals surface area contributed by atoms with Gasteiger partial charge >= 0.3 is 0 Å². The maximum atomic E-state index is 12.5. The molecular formula is C9H12F2. The molecule has 0 saturated heterocycles. The predicted molar refractivity (Wildman–Crippen MR) is 41.7 cm³/mol. The molecule has 0 bridgehead atoms. The lowest BCUT2D eigenvalue weighted by atomic mass is 9.94. The topological polar surface area (TPSA) is 0 Å². The van der Waals surface area contributed by atoms with Crippen LogP contribution in [-0.4, -0.2) is 5.92 Å². The molecule has 1 aliphatic carbocycles. The van der Waals surface area contributed by atoms with Gasteiger partial charge in [0.1, 0.15) is 0 Å². The normalized spacial score (nSPS) is 22.5. The van der Waals surface area contributed by atoms with E-state index in [0.29, 0.717) is 6.42 Å². The van der Waals surface area contributed by atoms with Gasteiger partial charge < -0.3 is 0 Å². The van der Waals surface area contributed by atoms with E-state index in [0.717, 1.165) is 12.0 Å². The van der Waals surface area contributed by atoms with Crippen LogP contribution in [0.5, 0.6) is 0 Å². The second-order valence-corrected chi connectivity index (χ2v) is 2.92. The van der Waals surface area contributed by atoms with Gasteiger partial charge in [-0.1, -0.05) is 17.7 Å². The number of hydrogen-bond donors (Lipinski definition) is 0. The maximum Gasteiger partial charge on any atom is 0.251 e. The van der Waals surface area contributed by atoms with E-state index < -0.39 is 5.92 Å². The monoisotopic (exact) mass is 158 g/mol. The Morgan fingerprint density at radius 2 is 2.36 bits per heavy atom. The van der Waals surface area contributed by atoms with Crippen LogP contribution < -0.4 is 0 Å². The molecular weight excluding hydrogens is 146 g/mol. The molecule has 0 radical (unpaired) electrons. The Morgan fingerprint density at radius 3 is 2.82 bits per heavy atom. The molecule has 1 aliphatic rings. The molecule has 0 aliphatic heterocycles. The summed E-state index contributed by atoms with van der Waals surface area (Å²) in [7, 11) is 0. The molecule has 0 saturated carbocycles. The summed E-state index contributed by atoms with van der Waals surface area (Å²) in [4.78, 5) is 0. The highest BCUT2D eigenvalue weighted by atomic mass is 19.3. The molecule has 0 unspecified atom stereocenters. The number of alkyl halides is 2. The number of rotatable bonds is 2. The highest BCUT2D eigenvalue weighted by Crippen LogP contribution is 2.33. The summed E-state index contributed by atoms with van der Waals surface area (Å²) in [6.07, 6.45) is 4.61. The van der Waals surface area contributed by atoms with E-state index >= 15 is 0 Å². The molecule has 11 heavy (non-hydrogen) atoms. The van der Waals surface area contributed by atoms with Crippen molar-refractivity contribution in [1.82, 2.24) is 0 Å². The molecule has 0 N–H and O–H groups in total. The Bertz CT molecular complexity index is 180. The van der Waals surface area contributed by atoms with Crippen molar-refractivity contribution in [2.75, 3.05) is 0 Å². The molecule has 0 nitrogen and oxygen atoms in total. The van der Waals surface area contributed by atoms with Crippen LogP contribution in [0.15, 0.2) is 24.3 Å². The lowest BCUT2D eigenvalue weighted by Gasteiger charge is -2.20. The van der Waals surface area contributed by atoms with E-state index in [2.05, 4.69) is 6.58 Å². The lowest BCUT2D eigenvalue weighted by Crippen LogP contribution is -2.18.